The molecule has 1 heterocycles. The number of halogens is 3. The first-order valence-electron chi connectivity index (χ1n) is 4.67. The Kier molecular flexibility index (Phi) is 3.93. The highest BCUT2D eigenvalue weighted by Crippen LogP contribution is 2.25. The summed E-state index contributed by atoms with van der Waals surface area (Å²) in [6.07, 6.45) is 0. The van der Waals surface area contributed by atoms with Crippen molar-refractivity contribution >= 4 is 27.5 Å². The van der Waals surface area contributed by atoms with Crippen LogP contribution >= 0.6 is 27.5 Å². The summed E-state index contributed by atoms with van der Waals surface area (Å²) in [5.74, 6) is -0.581. The van der Waals surface area contributed by atoms with Gasteiger partial charge in [-0.1, -0.05) is 15.9 Å². The number of methoxy groups -OCH3 is 1. The van der Waals surface area contributed by atoms with Gasteiger partial charge in [0, 0.05) is 4.47 Å². The smallest absolute Gasteiger partial charge is 0.329 e. The van der Waals surface area contributed by atoms with Crippen LogP contribution in [0.3, 0.4) is 0 Å². The number of rotatable bonds is 3. The van der Waals surface area contributed by atoms with E-state index in [1.807, 2.05) is 0 Å². The van der Waals surface area contributed by atoms with Gasteiger partial charge in [0.25, 0.3) is 0 Å². The molecule has 0 atom stereocenters. The van der Waals surface area contributed by atoms with Gasteiger partial charge in [0.15, 0.2) is 11.6 Å². The number of benzene rings is 1. The minimum atomic E-state index is -0.556. The lowest BCUT2D eigenvalue weighted by molar-refractivity contribution is 0.353. The average Bonchev–Trinajstić information content (AvgIpc) is 2.32. The molecule has 0 aliphatic heterocycles. The molecule has 94 valence electrons. The number of ether oxygens (including phenoxy) is 2. The number of hydrogen-bond donors (Lipinski definition) is 0. The molecule has 0 unspecified atom stereocenters. The molecule has 0 aliphatic rings. The lowest BCUT2D eigenvalue weighted by Gasteiger charge is -2.06. The fourth-order valence-electron chi connectivity index (χ4n) is 1.11. The van der Waals surface area contributed by atoms with E-state index in [4.69, 9.17) is 21.1 Å². The van der Waals surface area contributed by atoms with Crippen LogP contribution in [0.5, 0.6) is 17.8 Å². The van der Waals surface area contributed by atoms with Crippen LogP contribution in [0.2, 0.25) is 5.28 Å². The number of nitrogens with zero attached hydrogens (tertiary/aromatic N) is 3. The van der Waals surface area contributed by atoms with Crippen molar-refractivity contribution in [1.29, 1.82) is 0 Å². The van der Waals surface area contributed by atoms with E-state index in [1.165, 1.54) is 19.2 Å². The van der Waals surface area contributed by atoms with Gasteiger partial charge in [-0.15, -0.1) is 4.98 Å². The molecule has 0 N–H and O–H groups in total. The molecule has 0 aliphatic carbocycles. The molecule has 2 aromatic rings. The van der Waals surface area contributed by atoms with Gasteiger partial charge < -0.3 is 9.47 Å². The molecular weight excluding hydrogens is 328 g/mol. The van der Waals surface area contributed by atoms with Gasteiger partial charge in [0.2, 0.25) is 5.28 Å². The monoisotopic (exact) mass is 333 g/mol. The third kappa shape index (κ3) is 3.05. The summed E-state index contributed by atoms with van der Waals surface area (Å²) in [6, 6.07) is 4.16. The maximum Gasteiger partial charge on any atom is 0.329 e. The fraction of sp³-hybridized carbons (Fsp3) is 0.100. The van der Waals surface area contributed by atoms with Crippen molar-refractivity contribution in [2.24, 2.45) is 0 Å². The van der Waals surface area contributed by atoms with Crippen molar-refractivity contribution < 1.29 is 13.9 Å². The highest BCUT2D eigenvalue weighted by Gasteiger charge is 2.10. The lowest BCUT2D eigenvalue weighted by Crippen LogP contribution is -1.99. The summed E-state index contributed by atoms with van der Waals surface area (Å²) < 4.78 is 24.1. The molecule has 0 amide bonds. The second kappa shape index (κ2) is 5.45. The van der Waals surface area contributed by atoms with Crippen molar-refractivity contribution in [3.63, 3.8) is 0 Å². The first-order chi connectivity index (χ1) is 8.58. The van der Waals surface area contributed by atoms with E-state index in [1.54, 1.807) is 6.07 Å². The van der Waals surface area contributed by atoms with Gasteiger partial charge >= 0.3 is 12.0 Å². The number of hydrogen-bond acceptors (Lipinski definition) is 5. The summed E-state index contributed by atoms with van der Waals surface area (Å²) >= 11 is 8.77. The van der Waals surface area contributed by atoms with Crippen LogP contribution in [0.1, 0.15) is 0 Å². The molecular formula is C10H6BrClFN3O2. The highest BCUT2D eigenvalue weighted by molar-refractivity contribution is 9.10. The maximum absolute atomic E-state index is 13.5. The van der Waals surface area contributed by atoms with Crippen molar-refractivity contribution in [3.05, 3.63) is 33.8 Å². The molecule has 0 fully saturated rings. The molecule has 0 spiro atoms. The summed E-state index contributed by atoms with van der Waals surface area (Å²) in [6.45, 7) is 0. The van der Waals surface area contributed by atoms with Gasteiger partial charge in [0.1, 0.15) is 0 Å². The van der Waals surface area contributed by atoms with Crippen LogP contribution in [0.15, 0.2) is 22.7 Å². The second-order valence-electron chi connectivity index (χ2n) is 3.05. The molecule has 1 aromatic carbocycles. The molecule has 1 aromatic heterocycles. The van der Waals surface area contributed by atoms with Crippen molar-refractivity contribution in [3.8, 4) is 17.8 Å². The Labute approximate surface area is 115 Å². The predicted molar refractivity (Wildman–Crippen MR) is 65.6 cm³/mol. The SMILES string of the molecule is COc1nc(Cl)nc(Oc2ccc(Br)cc2F)n1. The minimum Gasteiger partial charge on any atom is -0.467 e. The van der Waals surface area contributed by atoms with E-state index in [0.717, 1.165) is 0 Å². The van der Waals surface area contributed by atoms with Gasteiger partial charge in [-0.3, -0.25) is 0 Å². The van der Waals surface area contributed by atoms with Gasteiger partial charge in [0.05, 0.1) is 7.11 Å². The van der Waals surface area contributed by atoms with E-state index in [-0.39, 0.29) is 23.1 Å². The van der Waals surface area contributed by atoms with E-state index >= 15 is 0 Å². The topological polar surface area (TPSA) is 57.1 Å². The standard InChI is InChI=1S/C10H6BrClFN3O2/c1-17-9-14-8(12)15-10(16-9)18-7-3-2-5(11)4-6(7)13/h2-4H,1H3. The van der Waals surface area contributed by atoms with Gasteiger partial charge in [-0.2, -0.15) is 9.97 Å². The van der Waals surface area contributed by atoms with Gasteiger partial charge in [-0.25, -0.2) is 4.39 Å². The van der Waals surface area contributed by atoms with Crippen LogP contribution in [-0.4, -0.2) is 22.1 Å². The van der Waals surface area contributed by atoms with Crippen LogP contribution in [0.4, 0.5) is 4.39 Å². The zero-order valence-electron chi connectivity index (χ0n) is 9.02. The van der Waals surface area contributed by atoms with Crippen molar-refractivity contribution in [1.82, 2.24) is 15.0 Å². The predicted octanol–water partition coefficient (Wildman–Crippen LogP) is 3.23. The first-order valence-corrected chi connectivity index (χ1v) is 5.84. The fourth-order valence-corrected chi connectivity index (χ4v) is 1.59. The molecule has 0 saturated carbocycles. The van der Waals surface area contributed by atoms with E-state index in [2.05, 4.69) is 30.9 Å². The molecule has 8 heteroatoms. The Balaban J connectivity index is 2.30. The molecule has 0 saturated heterocycles. The average molecular weight is 335 g/mol. The van der Waals surface area contributed by atoms with Gasteiger partial charge in [-0.05, 0) is 29.8 Å². The molecule has 5 nitrogen and oxygen atoms in total. The third-order valence-electron chi connectivity index (χ3n) is 1.84. The van der Waals surface area contributed by atoms with Crippen LogP contribution in [-0.2, 0) is 0 Å². The van der Waals surface area contributed by atoms with Crippen LogP contribution < -0.4 is 9.47 Å². The molecule has 2 rings (SSSR count). The number of aromatic nitrogens is 3. The third-order valence-corrected chi connectivity index (χ3v) is 2.51. The Morgan fingerprint density at radius 1 is 1.22 bits per heavy atom. The Morgan fingerprint density at radius 3 is 2.61 bits per heavy atom. The first kappa shape index (κ1) is 13.0. The maximum atomic E-state index is 13.5. The van der Waals surface area contributed by atoms with Crippen LogP contribution in [0, 0.1) is 5.82 Å². The zero-order chi connectivity index (χ0) is 13.1. The van der Waals surface area contributed by atoms with Crippen LogP contribution in [0.25, 0.3) is 0 Å². The summed E-state index contributed by atoms with van der Waals surface area (Å²) in [4.78, 5) is 11.2. The van der Waals surface area contributed by atoms with E-state index in [9.17, 15) is 4.39 Å². The minimum absolute atomic E-state index is 0.0116. The molecule has 18 heavy (non-hydrogen) atoms. The zero-order valence-corrected chi connectivity index (χ0v) is 11.4. The van der Waals surface area contributed by atoms with E-state index in [0.29, 0.717) is 4.47 Å². The summed E-state index contributed by atoms with van der Waals surface area (Å²) in [5, 5.41) is -0.102. The van der Waals surface area contributed by atoms with E-state index < -0.39 is 5.82 Å². The molecule has 0 radical (unpaired) electrons. The van der Waals surface area contributed by atoms with Crippen molar-refractivity contribution in [2.45, 2.75) is 0 Å². The largest absolute Gasteiger partial charge is 0.467 e. The quantitative estimate of drug-likeness (QED) is 0.862. The lowest BCUT2D eigenvalue weighted by atomic mass is 10.3. The molecule has 0 bridgehead atoms. The Hall–Kier alpha value is -1.47. The van der Waals surface area contributed by atoms with Crippen molar-refractivity contribution in [2.75, 3.05) is 7.11 Å². The Morgan fingerprint density at radius 2 is 1.94 bits per heavy atom. The summed E-state index contributed by atoms with van der Waals surface area (Å²) in [5.41, 5.74) is 0. The normalized spacial score (nSPS) is 10.2. The Bertz CT molecular complexity index is 585. The summed E-state index contributed by atoms with van der Waals surface area (Å²) in [7, 11) is 1.37. The highest BCUT2D eigenvalue weighted by atomic mass is 79.9. The second-order valence-corrected chi connectivity index (χ2v) is 4.30.